The molecule has 0 aliphatic carbocycles. The van der Waals surface area contributed by atoms with Crippen LogP contribution < -0.4 is 10.6 Å². The van der Waals surface area contributed by atoms with E-state index in [1.807, 2.05) is 24.3 Å². The van der Waals surface area contributed by atoms with Crippen molar-refractivity contribution in [3.8, 4) is 12.3 Å². The van der Waals surface area contributed by atoms with E-state index < -0.39 is 6.35 Å². The Bertz CT molecular complexity index is 527. The molecule has 1 aliphatic rings. The quantitative estimate of drug-likeness (QED) is 0.280. The van der Waals surface area contributed by atoms with Crippen molar-refractivity contribution in [1.29, 1.82) is 0 Å². The third-order valence-electron chi connectivity index (χ3n) is 3.97. The molecule has 3 N–H and O–H groups in total. The highest BCUT2D eigenvalue weighted by atomic mass is 16.5. The van der Waals surface area contributed by atoms with Gasteiger partial charge in [-0.15, -0.1) is 6.42 Å². The summed E-state index contributed by atoms with van der Waals surface area (Å²) < 4.78 is 16.3. The first kappa shape index (κ1) is 20.6. The predicted molar refractivity (Wildman–Crippen MR) is 101 cm³/mol. The minimum atomic E-state index is -0.847. The smallest absolute Gasteiger partial charge is 0.181 e. The summed E-state index contributed by atoms with van der Waals surface area (Å²) in [5.41, 5.74) is 1.59. The molecule has 0 saturated carbocycles. The molecule has 0 radical (unpaired) electrons. The number of aliphatic hydroxyl groups excluding tert-OH is 1. The molecule has 7 heteroatoms. The molecule has 2 rings (SSSR count). The van der Waals surface area contributed by atoms with Gasteiger partial charge < -0.3 is 24.6 Å². The first-order valence-electron chi connectivity index (χ1n) is 8.98. The van der Waals surface area contributed by atoms with Crippen LogP contribution in [0.1, 0.15) is 5.56 Å². The van der Waals surface area contributed by atoms with Gasteiger partial charge in [-0.2, -0.15) is 0 Å². The van der Waals surface area contributed by atoms with Gasteiger partial charge in [0.2, 0.25) is 0 Å². The zero-order valence-electron chi connectivity index (χ0n) is 15.2. The van der Waals surface area contributed by atoms with Crippen molar-refractivity contribution in [2.45, 2.75) is 6.35 Å². The number of nitrogens with zero attached hydrogens (tertiary/aromatic N) is 1. The van der Waals surface area contributed by atoms with Gasteiger partial charge in [-0.1, -0.05) is 5.92 Å². The summed E-state index contributed by atoms with van der Waals surface area (Å²) in [6.45, 7) is 7.39. The Balaban J connectivity index is 1.40. The Morgan fingerprint density at radius 2 is 1.81 bits per heavy atom. The van der Waals surface area contributed by atoms with E-state index >= 15 is 0 Å². The van der Waals surface area contributed by atoms with Gasteiger partial charge in [0.25, 0.3) is 0 Å². The lowest BCUT2D eigenvalue weighted by atomic mass is 10.2. The van der Waals surface area contributed by atoms with Crippen molar-refractivity contribution in [2.24, 2.45) is 0 Å². The molecular formula is C19H29N3O4. The number of hydrogen-bond donors (Lipinski definition) is 3. The predicted octanol–water partition coefficient (Wildman–Crippen LogP) is 0.311. The number of benzene rings is 1. The minimum Gasteiger partial charge on any atom is -0.379 e. The second-order valence-electron chi connectivity index (χ2n) is 5.90. The Labute approximate surface area is 155 Å². The maximum absolute atomic E-state index is 9.87. The van der Waals surface area contributed by atoms with E-state index in [1.165, 1.54) is 0 Å². The van der Waals surface area contributed by atoms with Crippen molar-refractivity contribution >= 4 is 5.69 Å². The first-order valence-corrected chi connectivity index (χ1v) is 8.98. The van der Waals surface area contributed by atoms with Crippen molar-refractivity contribution < 1.29 is 19.3 Å². The van der Waals surface area contributed by atoms with Crippen LogP contribution in [0.25, 0.3) is 0 Å². The summed E-state index contributed by atoms with van der Waals surface area (Å²) in [4.78, 5) is 2.34. The third kappa shape index (κ3) is 8.63. The molecule has 0 amide bonds. The summed E-state index contributed by atoms with van der Waals surface area (Å²) in [5, 5.41) is 15.7. The minimum absolute atomic E-state index is 0.502. The van der Waals surface area contributed by atoms with Crippen LogP contribution in [0, 0.1) is 12.3 Å². The van der Waals surface area contributed by atoms with E-state index in [0.717, 1.165) is 44.1 Å². The number of nitrogens with one attached hydrogen (secondary N) is 2. The molecule has 0 aromatic heterocycles. The number of morpholine rings is 1. The standard InChI is InChI=1S/C19H29N3O4/c1-2-17-3-5-18(6-4-17)21-19(23)20-7-11-24-15-16-26-14-10-22-8-12-25-13-9-22/h1,3-6,19-21,23H,7-16H2. The van der Waals surface area contributed by atoms with Gasteiger partial charge in [0.05, 0.1) is 39.6 Å². The van der Waals surface area contributed by atoms with Crippen molar-refractivity contribution in [3.63, 3.8) is 0 Å². The molecule has 1 aliphatic heterocycles. The highest BCUT2D eigenvalue weighted by Crippen LogP contribution is 2.08. The number of rotatable bonds is 12. The van der Waals surface area contributed by atoms with Gasteiger partial charge in [-0.05, 0) is 24.3 Å². The van der Waals surface area contributed by atoms with Crippen LogP contribution in [0.3, 0.4) is 0 Å². The summed E-state index contributed by atoms with van der Waals surface area (Å²) in [7, 11) is 0. The number of anilines is 1. The van der Waals surface area contributed by atoms with Crippen molar-refractivity contribution in [2.75, 3.05) is 71.1 Å². The Morgan fingerprint density at radius 1 is 1.12 bits per heavy atom. The molecule has 1 fully saturated rings. The molecule has 1 aromatic carbocycles. The Hall–Kier alpha value is -1.66. The molecule has 1 heterocycles. The summed E-state index contributed by atoms with van der Waals surface area (Å²) >= 11 is 0. The summed E-state index contributed by atoms with van der Waals surface area (Å²) in [6.07, 6.45) is 4.46. The largest absolute Gasteiger partial charge is 0.379 e. The monoisotopic (exact) mass is 363 g/mol. The van der Waals surface area contributed by atoms with E-state index in [2.05, 4.69) is 21.5 Å². The first-order chi connectivity index (χ1) is 12.8. The molecule has 7 nitrogen and oxygen atoms in total. The van der Waals surface area contributed by atoms with Crippen LogP contribution >= 0.6 is 0 Å². The average molecular weight is 363 g/mol. The van der Waals surface area contributed by atoms with E-state index in [4.69, 9.17) is 20.6 Å². The van der Waals surface area contributed by atoms with Gasteiger partial charge in [0.15, 0.2) is 6.35 Å². The lowest BCUT2D eigenvalue weighted by Crippen LogP contribution is -2.38. The SMILES string of the molecule is C#Cc1ccc(NC(O)NCCOCCOCCN2CCOCC2)cc1. The highest BCUT2D eigenvalue weighted by Gasteiger charge is 2.09. The van der Waals surface area contributed by atoms with Crippen LogP contribution in [0.4, 0.5) is 5.69 Å². The van der Waals surface area contributed by atoms with E-state index in [9.17, 15) is 5.11 Å². The van der Waals surface area contributed by atoms with Crippen LogP contribution in [-0.4, -0.2) is 82.2 Å². The zero-order chi connectivity index (χ0) is 18.5. The van der Waals surface area contributed by atoms with Gasteiger partial charge in [0, 0.05) is 37.4 Å². The van der Waals surface area contributed by atoms with Crippen LogP contribution in [0.2, 0.25) is 0 Å². The number of terminal acetylenes is 1. The second-order valence-corrected chi connectivity index (χ2v) is 5.90. The fourth-order valence-corrected chi connectivity index (χ4v) is 2.48. The highest BCUT2D eigenvalue weighted by molar-refractivity contribution is 5.47. The molecule has 1 atom stereocenters. The maximum atomic E-state index is 9.87. The number of hydrogen-bond acceptors (Lipinski definition) is 7. The van der Waals surface area contributed by atoms with Gasteiger partial charge >= 0.3 is 0 Å². The van der Waals surface area contributed by atoms with Crippen molar-refractivity contribution in [3.05, 3.63) is 29.8 Å². The van der Waals surface area contributed by atoms with Crippen LogP contribution in [-0.2, 0) is 14.2 Å². The maximum Gasteiger partial charge on any atom is 0.181 e. The number of ether oxygens (including phenoxy) is 3. The number of aliphatic hydroxyl groups is 1. The molecule has 1 aromatic rings. The topological polar surface area (TPSA) is 75.2 Å². The van der Waals surface area contributed by atoms with Crippen molar-refractivity contribution in [1.82, 2.24) is 10.2 Å². The molecule has 144 valence electrons. The fourth-order valence-electron chi connectivity index (χ4n) is 2.48. The molecule has 1 saturated heterocycles. The molecule has 0 spiro atoms. The van der Waals surface area contributed by atoms with Crippen LogP contribution in [0.5, 0.6) is 0 Å². The normalized spacial score (nSPS) is 16.2. The lowest BCUT2D eigenvalue weighted by molar-refractivity contribution is 0.00756. The Kier molecular flexibility index (Phi) is 10.1. The third-order valence-corrected chi connectivity index (χ3v) is 3.97. The second kappa shape index (κ2) is 12.7. The lowest BCUT2D eigenvalue weighted by Gasteiger charge is -2.26. The fraction of sp³-hybridized carbons (Fsp3) is 0.579. The zero-order valence-corrected chi connectivity index (χ0v) is 15.2. The molecular weight excluding hydrogens is 334 g/mol. The van der Waals surface area contributed by atoms with E-state index in [0.29, 0.717) is 33.0 Å². The molecule has 1 unspecified atom stereocenters. The summed E-state index contributed by atoms with van der Waals surface area (Å²) in [5.74, 6) is 2.55. The van der Waals surface area contributed by atoms with Gasteiger partial charge in [-0.3, -0.25) is 10.2 Å². The van der Waals surface area contributed by atoms with Gasteiger partial charge in [-0.25, -0.2) is 0 Å². The van der Waals surface area contributed by atoms with E-state index in [-0.39, 0.29) is 0 Å². The summed E-state index contributed by atoms with van der Waals surface area (Å²) in [6, 6.07) is 7.28. The van der Waals surface area contributed by atoms with Gasteiger partial charge in [0.1, 0.15) is 0 Å². The molecule has 0 bridgehead atoms. The molecule has 26 heavy (non-hydrogen) atoms. The Morgan fingerprint density at radius 3 is 2.50 bits per heavy atom. The average Bonchev–Trinajstić information content (AvgIpc) is 2.68. The van der Waals surface area contributed by atoms with E-state index in [1.54, 1.807) is 0 Å². The van der Waals surface area contributed by atoms with Crippen LogP contribution in [0.15, 0.2) is 24.3 Å².